The normalized spacial score (nSPS) is 26.6. The van der Waals surface area contributed by atoms with Crippen molar-refractivity contribution in [3.8, 4) is 5.75 Å². The molecular formula is C74H120N28O23S8. The van der Waals surface area contributed by atoms with Crippen molar-refractivity contribution in [2.45, 2.75) is 194 Å². The summed E-state index contributed by atoms with van der Waals surface area (Å²) in [5.74, 6) is -27.3. The number of carboxylic acids is 1. The molecule has 1 aromatic rings. The second-order valence-corrected chi connectivity index (χ2v) is 33.0. The summed E-state index contributed by atoms with van der Waals surface area (Å²) in [6.07, 6.45) is -2.63. The smallest absolute Gasteiger partial charge is 0.305 e. The fourth-order valence-electron chi connectivity index (χ4n) is 12.4. The minimum atomic E-state index is -2.04. The fraction of sp³-hybridized carbons (Fsp3) is 0.608. The highest BCUT2D eigenvalue weighted by Crippen LogP contribution is 2.21. The van der Waals surface area contributed by atoms with Gasteiger partial charge in [0.2, 0.25) is 112 Å². The molecular weight excluding hydrogens is 1910 g/mol. The first-order valence-corrected chi connectivity index (χ1v) is 46.4. The highest BCUT2D eigenvalue weighted by atomic mass is 32.1. The van der Waals surface area contributed by atoms with Crippen LogP contribution in [0.2, 0.25) is 0 Å². The van der Waals surface area contributed by atoms with E-state index in [9.17, 15) is 111 Å². The van der Waals surface area contributed by atoms with Crippen molar-refractivity contribution in [1.82, 2.24) is 117 Å². The zero-order valence-corrected chi connectivity index (χ0v) is 79.6. The van der Waals surface area contributed by atoms with Crippen LogP contribution in [0.25, 0.3) is 0 Å². The standard InChI is InChI=1S/C74H120N28O23S8/c1-32-54(108)85-33(2)55(109)96-45(26-128)63(117)87-34(3)56(110)95-43(24-126)57(111)84-22-52(105)88-44(25-127)65(119)100-48(29-131)67(121)94-42(23-103)62(116)93-41(21-53(106)107)71(125)102-19-7-11-51(102)70(124)91-39(10-6-18-83-74(79)80)60(114)97-47(28-130)66(120)90-37(8-4-16-81-72(75)76)58(112)92-40(20-35-12-14-36(104)15-13-35)61(115)89-38(9-5-17-82-73(77)78)59(113)98-49(30-132)68(122)101-50(31-133)69(123)99-46(27-129)64(118)86-32/h12-15,32-34,37-51,103-104,126-133H,4-11,16-31H2,1-3H3,(H,84,111)(H,85,108)(H,86,118)(H,87,117)(H,88,105)(H,89,115)(H,90,120)(H,91,124)(H,92,112)(H,93,116)(H,94,121)(H,95,110)(H,96,109)(H,97,114)(H,98,113)(H,99,123)(H,100,119)(H,101,122)(H,106,107)(H4,75,76,81)(H4,77,78,82)(H4,79,80,83)/t32-,33-,34-,37-,38-,39-,40-,41-,42-,43-,44-,45-,46-,47-,48-,49-,50-,51-/m0/s1. The van der Waals surface area contributed by atoms with E-state index in [0.717, 1.165) is 4.90 Å². The first-order valence-electron chi connectivity index (χ1n) is 41.3. The zero-order chi connectivity index (χ0) is 100. The molecule has 2 fully saturated rings. The van der Waals surface area contributed by atoms with Gasteiger partial charge in [0.25, 0.3) is 0 Å². The quantitative estimate of drug-likeness (QED) is 0.0187. The number of thiol groups is 8. The van der Waals surface area contributed by atoms with E-state index < -0.39 is 311 Å². The highest BCUT2D eigenvalue weighted by molar-refractivity contribution is 7.81. The third-order valence-corrected chi connectivity index (χ3v) is 22.7. The predicted octanol–water partition coefficient (Wildman–Crippen LogP) is -12.9. The van der Waals surface area contributed by atoms with Crippen molar-refractivity contribution >= 4 is 237 Å². The molecule has 33 N–H and O–H groups in total. The Morgan fingerprint density at radius 3 is 0.992 bits per heavy atom. The van der Waals surface area contributed by atoms with E-state index in [0.29, 0.717) is 5.56 Å². The number of aliphatic hydroxyl groups excluding tert-OH is 1. The van der Waals surface area contributed by atoms with Crippen LogP contribution in [0.1, 0.15) is 84.1 Å². The Bertz CT molecular complexity index is 4300. The number of nitrogens with zero attached hydrogens (tertiary/aromatic N) is 1. The van der Waals surface area contributed by atoms with Crippen molar-refractivity contribution in [2.24, 2.45) is 17.2 Å². The number of phenolic OH excluding ortho intramolecular Hbond substituents is 1. The van der Waals surface area contributed by atoms with Gasteiger partial charge < -0.3 is 149 Å². The Balaban J connectivity index is 2.17. The topological polar surface area (TPSA) is 808 Å². The van der Waals surface area contributed by atoms with Gasteiger partial charge in [-0.1, -0.05) is 12.1 Å². The van der Waals surface area contributed by atoms with Gasteiger partial charge >= 0.3 is 5.97 Å². The lowest BCUT2D eigenvalue weighted by Crippen LogP contribution is -2.61. The number of fused-ring (bicyclic) bond motifs is 1. The van der Waals surface area contributed by atoms with Gasteiger partial charge in [-0.15, -0.1) is 0 Å². The van der Waals surface area contributed by atoms with Gasteiger partial charge in [-0.05, 0) is 89.8 Å². The van der Waals surface area contributed by atoms with E-state index in [-0.39, 0.29) is 89.0 Å². The average Bonchev–Trinajstić information content (AvgIpc) is 1.69. The van der Waals surface area contributed by atoms with E-state index in [2.05, 4.69) is 213 Å². The number of amides is 19. The SMILES string of the molecule is C[C@@H]1NC(=O)[C@H](C)NC(=O)[C@H](CS)NC(=O)[C@H](CS)NC(=O)[C@H](CS)NC(=O)[C@H](CCCNC(=N)N)NC(=O)[C@H](Cc2ccc(O)cc2)NC(=O)[C@H](CCCNC(=N)N)NC(=O)[C@H](CS)NC(=O)[C@H](CCCNC(=N)N)NC(=O)[C@@H]2CCCN2C(=O)[C@H](CC(=O)O)NC(=O)[C@H](CO)NC(=O)[C@H](CS)NC(=O)[C@H](CS)NC(=O)CNC(=O)[C@H](CS)NC(=O)[C@H](C)NC(=O)[C@H](CS)NC1=O. The number of carbonyl (C=O) groups is 20. The van der Waals surface area contributed by atoms with E-state index in [4.69, 9.17) is 33.4 Å². The van der Waals surface area contributed by atoms with E-state index in [1.54, 1.807) is 0 Å². The zero-order valence-electron chi connectivity index (χ0n) is 72.4. The van der Waals surface area contributed by atoms with Crippen molar-refractivity contribution in [3.63, 3.8) is 0 Å². The summed E-state index contributed by atoms with van der Waals surface area (Å²) in [7, 11) is 0. The first kappa shape index (κ1) is 116. The first-order chi connectivity index (χ1) is 62.8. The number of aliphatic hydroxyl groups is 1. The molecule has 0 aliphatic carbocycles. The van der Waals surface area contributed by atoms with Crippen molar-refractivity contribution in [2.75, 3.05) is 85.4 Å². The average molecular weight is 2030 g/mol. The number of carbonyl (C=O) groups excluding carboxylic acids is 19. The number of benzene rings is 1. The Morgan fingerprint density at radius 2 is 0.647 bits per heavy atom. The molecule has 2 heterocycles. The van der Waals surface area contributed by atoms with Crippen LogP contribution >= 0.6 is 101 Å². The van der Waals surface area contributed by atoms with Crippen molar-refractivity contribution in [1.29, 1.82) is 16.2 Å². The van der Waals surface area contributed by atoms with Crippen LogP contribution in [-0.2, 0) is 102 Å². The van der Waals surface area contributed by atoms with E-state index in [1.807, 2.05) is 0 Å². The molecule has 0 spiro atoms. The van der Waals surface area contributed by atoms with Gasteiger partial charge in [-0.2, -0.15) is 101 Å². The third kappa shape index (κ3) is 40.8. The van der Waals surface area contributed by atoms with Crippen LogP contribution in [0.4, 0.5) is 0 Å². The largest absolute Gasteiger partial charge is 0.508 e. The summed E-state index contributed by atoms with van der Waals surface area (Å²) in [4.78, 5) is 279. The maximum Gasteiger partial charge on any atom is 0.305 e. The molecule has 2 aliphatic rings. The minimum absolute atomic E-state index is 0.0269. The van der Waals surface area contributed by atoms with Crippen LogP contribution in [-0.4, -0.2) is 350 Å². The van der Waals surface area contributed by atoms with Gasteiger partial charge in [-0.25, -0.2) is 0 Å². The van der Waals surface area contributed by atoms with Crippen LogP contribution in [0, 0.1) is 16.2 Å². The Labute approximate surface area is 807 Å². The number of phenols is 1. The molecule has 0 bridgehead atoms. The molecule has 59 heteroatoms. The van der Waals surface area contributed by atoms with Crippen LogP contribution in [0.3, 0.4) is 0 Å². The molecule has 19 amide bonds. The molecule has 0 radical (unpaired) electrons. The summed E-state index contributed by atoms with van der Waals surface area (Å²) in [6, 6.07) is -23.9. The van der Waals surface area contributed by atoms with Crippen LogP contribution in [0.15, 0.2) is 24.3 Å². The minimum Gasteiger partial charge on any atom is -0.508 e. The Hall–Kier alpha value is -11.0. The molecule has 0 saturated carbocycles. The maximum absolute atomic E-state index is 14.9. The summed E-state index contributed by atoms with van der Waals surface area (Å²) < 4.78 is 0. The molecule has 2 saturated heterocycles. The lowest BCUT2D eigenvalue weighted by molar-refractivity contribution is -0.146. The van der Waals surface area contributed by atoms with Crippen molar-refractivity contribution < 1.29 is 111 Å². The number of hydrogen-bond acceptors (Lipinski definition) is 33. The molecule has 1 aromatic carbocycles. The number of rotatable bonds is 25. The number of hydrogen-bond donors (Lipinski definition) is 38. The fourth-order valence-corrected chi connectivity index (χ4v) is 14.4. The summed E-state index contributed by atoms with van der Waals surface area (Å²) in [6.45, 7) is 1.05. The van der Waals surface area contributed by atoms with E-state index >= 15 is 0 Å². The third-order valence-electron chi connectivity index (χ3n) is 19.7. The molecule has 0 aromatic heterocycles. The molecule has 3 rings (SSSR count). The predicted molar refractivity (Wildman–Crippen MR) is 507 cm³/mol. The summed E-state index contributed by atoms with van der Waals surface area (Å²) in [5.41, 5.74) is 16.9. The van der Waals surface area contributed by atoms with Crippen molar-refractivity contribution in [3.05, 3.63) is 29.8 Å². The number of guanidine groups is 3. The molecule has 18 atom stereocenters. The summed E-state index contributed by atoms with van der Waals surface area (Å²) in [5, 5.41) is 104. The summed E-state index contributed by atoms with van der Waals surface area (Å²) >= 11 is 33.5. The Morgan fingerprint density at radius 1 is 0.376 bits per heavy atom. The van der Waals surface area contributed by atoms with Gasteiger partial charge in [-0.3, -0.25) is 112 Å². The molecule has 133 heavy (non-hydrogen) atoms. The molecule has 0 unspecified atom stereocenters. The molecule has 2 aliphatic heterocycles. The Kier molecular flexibility index (Phi) is 52.6. The highest BCUT2D eigenvalue weighted by Gasteiger charge is 2.43. The van der Waals surface area contributed by atoms with E-state index in [1.165, 1.54) is 45.0 Å². The number of carboxylic acid groups (broad SMARTS) is 1. The van der Waals surface area contributed by atoms with Gasteiger partial charge in [0, 0.05) is 78.6 Å². The van der Waals surface area contributed by atoms with Crippen LogP contribution < -0.4 is 129 Å². The second kappa shape index (κ2) is 60.3. The lowest BCUT2D eigenvalue weighted by atomic mass is 10.0. The second-order valence-electron chi connectivity index (χ2n) is 30.1. The maximum atomic E-state index is 14.9. The van der Waals surface area contributed by atoms with Gasteiger partial charge in [0.1, 0.15) is 115 Å². The molecule has 742 valence electrons. The number of aliphatic carboxylic acids is 1. The van der Waals surface area contributed by atoms with Gasteiger partial charge in [0.05, 0.1) is 19.6 Å². The van der Waals surface area contributed by atoms with Crippen LogP contribution in [0.5, 0.6) is 5.75 Å². The number of nitrogens with one attached hydrogen (secondary N) is 24. The molecule has 51 nitrogen and oxygen atoms in total. The number of aromatic hydroxyl groups is 1. The van der Waals surface area contributed by atoms with Gasteiger partial charge in [0.15, 0.2) is 17.9 Å². The monoisotopic (exact) mass is 2020 g/mol. The number of nitrogens with two attached hydrogens (primary N) is 3. The lowest BCUT2D eigenvalue weighted by Gasteiger charge is -2.30.